The van der Waals surface area contributed by atoms with Crippen LogP contribution in [0.5, 0.6) is 0 Å². The van der Waals surface area contributed by atoms with Gasteiger partial charge in [0.25, 0.3) is 0 Å². The third kappa shape index (κ3) is 3.27. The van der Waals surface area contributed by atoms with Gasteiger partial charge >= 0.3 is 0 Å². The Balaban J connectivity index is 2.87. The van der Waals surface area contributed by atoms with Gasteiger partial charge < -0.3 is 10.2 Å². The first-order valence-electron chi connectivity index (χ1n) is 7.69. The highest BCUT2D eigenvalue weighted by molar-refractivity contribution is 4.99. The number of nitrogens with zero attached hydrogens (tertiary/aromatic N) is 1. The summed E-state index contributed by atoms with van der Waals surface area (Å²) >= 11 is 0. The highest BCUT2D eigenvalue weighted by Gasteiger charge is 2.40. The van der Waals surface area contributed by atoms with Gasteiger partial charge in [-0.05, 0) is 71.5 Å². The van der Waals surface area contributed by atoms with E-state index < -0.39 is 0 Å². The van der Waals surface area contributed by atoms with Crippen molar-refractivity contribution in [2.45, 2.75) is 65.0 Å². The van der Waals surface area contributed by atoms with Crippen LogP contribution in [0.1, 0.15) is 53.4 Å². The highest BCUT2D eigenvalue weighted by Crippen LogP contribution is 2.39. The van der Waals surface area contributed by atoms with E-state index in [0.717, 1.165) is 17.8 Å². The first-order chi connectivity index (χ1) is 8.35. The molecule has 0 aromatic heterocycles. The van der Waals surface area contributed by atoms with Gasteiger partial charge in [0.15, 0.2) is 0 Å². The zero-order valence-corrected chi connectivity index (χ0v) is 13.6. The first-order valence-corrected chi connectivity index (χ1v) is 7.69. The fraction of sp³-hybridized carbons (Fsp3) is 1.00. The number of rotatable bonds is 5. The van der Waals surface area contributed by atoms with Crippen LogP contribution in [0.4, 0.5) is 0 Å². The van der Waals surface area contributed by atoms with E-state index in [0.29, 0.717) is 6.04 Å². The van der Waals surface area contributed by atoms with Gasteiger partial charge in [0.1, 0.15) is 0 Å². The second kappa shape index (κ2) is 6.38. The lowest BCUT2D eigenvalue weighted by molar-refractivity contribution is 0.0541. The molecule has 1 saturated carbocycles. The van der Waals surface area contributed by atoms with Crippen molar-refractivity contribution in [3.63, 3.8) is 0 Å². The van der Waals surface area contributed by atoms with Crippen LogP contribution < -0.4 is 5.32 Å². The van der Waals surface area contributed by atoms with Crippen molar-refractivity contribution in [1.82, 2.24) is 10.2 Å². The normalized spacial score (nSPS) is 34.3. The molecular weight excluding hydrogens is 220 g/mol. The lowest BCUT2D eigenvalue weighted by atomic mass is 9.68. The minimum atomic E-state index is 0.260. The third-order valence-electron chi connectivity index (χ3n) is 5.40. The van der Waals surface area contributed by atoms with E-state index in [2.05, 4.69) is 59.1 Å². The monoisotopic (exact) mass is 254 g/mol. The summed E-state index contributed by atoms with van der Waals surface area (Å²) in [5.41, 5.74) is 0.260. The van der Waals surface area contributed by atoms with Crippen molar-refractivity contribution in [2.75, 3.05) is 21.1 Å². The Morgan fingerprint density at radius 2 is 1.67 bits per heavy atom. The van der Waals surface area contributed by atoms with E-state index in [4.69, 9.17) is 0 Å². The summed E-state index contributed by atoms with van der Waals surface area (Å²) in [6, 6.07) is 0.600. The largest absolute Gasteiger partial charge is 0.315 e. The molecule has 0 bridgehead atoms. The van der Waals surface area contributed by atoms with Crippen LogP contribution in [0.15, 0.2) is 0 Å². The van der Waals surface area contributed by atoms with Crippen LogP contribution in [-0.4, -0.2) is 37.6 Å². The predicted octanol–water partition coefficient (Wildman–Crippen LogP) is 3.38. The van der Waals surface area contributed by atoms with Crippen molar-refractivity contribution in [1.29, 1.82) is 0 Å². The van der Waals surface area contributed by atoms with Crippen molar-refractivity contribution < 1.29 is 0 Å². The molecule has 2 heteroatoms. The quantitative estimate of drug-likeness (QED) is 0.809. The molecule has 108 valence electrons. The lowest BCUT2D eigenvalue weighted by Crippen LogP contribution is -2.59. The maximum Gasteiger partial charge on any atom is 0.0328 e. The van der Waals surface area contributed by atoms with E-state index in [9.17, 15) is 0 Å². The van der Waals surface area contributed by atoms with E-state index in [1.165, 1.54) is 25.7 Å². The van der Waals surface area contributed by atoms with Crippen LogP contribution in [0.25, 0.3) is 0 Å². The van der Waals surface area contributed by atoms with Gasteiger partial charge in [-0.25, -0.2) is 0 Å². The van der Waals surface area contributed by atoms with Crippen molar-refractivity contribution >= 4 is 0 Å². The van der Waals surface area contributed by atoms with Crippen LogP contribution >= 0.6 is 0 Å². The maximum atomic E-state index is 3.64. The first kappa shape index (κ1) is 16.0. The van der Waals surface area contributed by atoms with Crippen LogP contribution in [0.2, 0.25) is 0 Å². The third-order valence-corrected chi connectivity index (χ3v) is 5.40. The second-order valence-corrected chi connectivity index (χ2v) is 7.05. The zero-order valence-electron chi connectivity index (χ0n) is 13.6. The Hall–Kier alpha value is -0.0800. The Morgan fingerprint density at radius 3 is 2.00 bits per heavy atom. The average Bonchev–Trinajstić information content (AvgIpc) is 2.28. The highest BCUT2D eigenvalue weighted by atomic mass is 15.2. The summed E-state index contributed by atoms with van der Waals surface area (Å²) in [6.45, 7) is 9.58. The smallest absolute Gasteiger partial charge is 0.0328 e. The van der Waals surface area contributed by atoms with Gasteiger partial charge in [-0.15, -0.1) is 0 Å². The van der Waals surface area contributed by atoms with E-state index in [1.807, 2.05) is 0 Å². The molecule has 0 aromatic carbocycles. The number of hydrogen-bond donors (Lipinski definition) is 1. The molecule has 0 heterocycles. The fourth-order valence-electron chi connectivity index (χ4n) is 4.15. The van der Waals surface area contributed by atoms with Gasteiger partial charge in [0.2, 0.25) is 0 Å². The molecule has 1 N–H and O–H groups in total. The molecule has 1 aliphatic carbocycles. The zero-order chi connectivity index (χ0) is 13.9. The second-order valence-electron chi connectivity index (χ2n) is 7.05. The Labute approximate surface area is 115 Å². The molecule has 1 aliphatic rings. The van der Waals surface area contributed by atoms with Crippen molar-refractivity contribution in [3.8, 4) is 0 Å². The van der Waals surface area contributed by atoms with Gasteiger partial charge in [0, 0.05) is 11.6 Å². The molecule has 0 radical (unpaired) electrons. The Bertz CT molecular complexity index is 241. The number of nitrogens with one attached hydrogen (secondary N) is 1. The van der Waals surface area contributed by atoms with E-state index in [-0.39, 0.29) is 5.54 Å². The molecule has 0 spiro atoms. The van der Waals surface area contributed by atoms with Gasteiger partial charge in [0.05, 0.1) is 0 Å². The summed E-state index contributed by atoms with van der Waals surface area (Å²) in [7, 11) is 6.60. The Morgan fingerprint density at radius 1 is 1.17 bits per heavy atom. The summed E-state index contributed by atoms with van der Waals surface area (Å²) in [4.78, 5) is 2.41. The van der Waals surface area contributed by atoms with Crippen LogP contribution in [-0.2, 0) is 0 Å². The van der Waals surface area contributed by atoms with Gasteiger partial charge in [-0.1, -0.05) is 20.8 Å². The molecule has 0 aliphatic heterocycles. The molecule has 4 atom stereocenters. The number of hydrogen-bond acceptors (Lipinski definition) is 2. The summed E-state index contributed by atoms with van der Waals surface area (Å²) in [6.07, 6.45) is 5.39. The van der Waals surface area contributed by atoms with Crippen molar-refractivity contribution in [3.05, 3.63) is 0 Å². The van der Waals surface area contributed by atoms with Gasteiger partial charge in [-0.2, -0.15) is 0 Å². The summed E-state index contributed by atoms with van der Waals surface area (Å²) in [5.74, 6) is 2.59. The molecule has 18 heavy (non-hydrogen) atoms. The maximum absolute atomic E-state index is 3.64. The molecule has 1 fully saturated rings. The molecule has 0 saturated heterocycles. The summed E-state index contributed by atoms with van der Waals surface area (Å²) in [5, 5.41) is 3.64. The molecule has 0 aromatic rings. The molecule has 1 rings (SSSR count). The SMILES string of the molecule is CCC(C)(C(NC)C1CC(C)CC(C)C1)N(C)C. The Kier molecular flexibility index (Phi) is 5.67. The van der Waals surface area contributed by atoms with Crippen molar-refractivity contribution in [2.24, 2.45) is 17.8 Å². The van der Waals surface area contributed by atoms with Crippen LogP contribution in [0, 0.1) is 17.8 Å². The average molecular weight is 254 g/mol. The van der Waals surface area contributed by atoms with Crippen LogP contribution in [0.3, 0.4) is 0 Å². The lowest BCUT2D eigenvalue weighted by Gasteiger charge is -2.48. The number of likely N-dealkylation sites (N-methyl/N-ethyl adjacent to an activating group) is 2. The van der Waals surface area contributed by atoms with Gasteiger partial charge in [-0.3, -0.25) is 0 Å². The minimum Gasteiger partial charge on any atom is -0.315 e. The standard InChI is InChI=1S/C16H34N2/c1-8-16(4,18(6)7)15(17-5)14-10-12(2)9-13(3)11-14/h12-15,17H,8-11H2,1-7H3. The van der Waals surface area contributed by atoms with E-state index in [1.54, 1.807) is 0 Å². The molecule has 2 nitrogen and oxygen atoms in total. The molecule has 0 amide bonds. The molecular formula is C16H34N2. The summed E-state index contributed by atoms with van der Waals surface area (Å²) < 4.78 is 0. The molecule has 4 unspecified atom stereocenters. The fourth-order valence-corrected chi connectivity index (χ4v) is 4.15. The topological polar surface area (TPSA) is 15.3 Å². The minimum absolute atomic E-state index is 0.260. The predicted molar refractivity (Wildman–Crippen MR) is 80.9 cm³/mol. The van der Waals surface area contributed by atoms with E-state index >= 15 is 0 Å².